The monoisotopic (exact) mass is 312 g/mol. The van der Waals surface area contributed by atoms with Crippen molar-refractivity contribution < 1.29 is 4.79 Å². The molecule has 4 aromatic rings. The van der Waals surface area contributed by atoms with E-state index in [0.29, 0.717) is 5.56 Å². The number of nitrogens with zero attached hydrogens (tertiary/aromatic N) is 2. The number of carbonyl (C=O) groups excluding carboxylic acids is 1. The van der Waals surface area contributed by atoms with Crippen molar-refractivity contribution >= 4 is 16.8 Å². The first-order valence-electron chi connectivity index (χ1n) is 7.90. The van der Waals surface area contributed by atoms with Gasteiger partial charge < -0.3 is 4.57 Å². The Labute approximate surface area is 140 Å². The minimum atomic E-state index is -0.430. The molecule has 0 aliphatic heterocycles. The summed E-state index contributed by atoms with van der Waals surface area (Å²) in [6, 6.07) is 26.7. The Kier molecular flexibility index (Phi) is 3.67. The van der Waals surface area contributed by atoms with Crippen LogP contribution in [0.2, 0.25) is 0 Å². The van der Waals surface area contributed by atoms with Gasteiger partial charge in [0.25, 0.3) is 0 Å². The first-order chi connectivity index (χ1) is 11.8. The fraction of sp³-hybridized carbons (Fsp3) is 0.0476. The Hall–Kier alpha value is -3.20. The molecule has 1 atom stereocenters. The molecule has 116 valence electrons. The predicted octanol–water partition coefficient (Wildman–Crippen LogP) is 4.51. The van der Waals surface area contributed by atoms with E-state index in [1.807, 2.05) is 89.5 Å². The standard InChI is InChI=1S/C21H16N2O/c24-21(17-11-5-2-6-12-17)20(16-9-3-1-4-10-16)23-15-22-18-13-7-8-14-19(18)23/h1-15,20H. The second-order valence-corrected chi connectivity index (χ2v) is 5.68. The van der Waals surface area contributed by atoms with E-state index in [9.17, 15) is 4.79 Å². The molecule has 1 heterocycles. The molecule has 0 N–H and O–H groups in total. The van der Waals surface area contributed by atoms with E-state index in [2.05, 4.69) is 4.98 Å². The van der Waals surface area contributed by atoms with E-state index >= 15 is 0 Å². The van der Waals surface area contributed by atoms with Gasteiger partial charge in [-0.1, -0.05) is 72.8 Å². The highest BCUT2D eigenvalue weighted by atomic mass is 16.1. The first kappa shape index (κ1) is 14.4. The molecule has 3 nitrogen and oxygen atoms in total. The topological polar surface area (TPSA) is 34.9 Å². The number of para-hydroxylation sites is 2. The molecule has 3 aromatic carbocycles. The summed E-state index contributed by atoms with van der Waals surface area (Å²) in [4.78, 5) is 17.7. The Morgan fingerprint density at radius 1 is 0.792 bits per heavy atom. The van der Waals surface area contributed by atoms with Crippen LogP contribution in [0.1, 0.15) is 22.0 Å². The molecule has 0 fully saturated rings. The predicted molar refractivity (Wildman–Crippen MR) is 95.1 cm³/mol. The number of imidazole rings is 1. The van der Waals surface area contributed by atoms with Gasteiger partial charge in [0.15, 0.2) is 5.78 Å². The van der Waals surface area contributed by atoms with Crippen LogP contribution < -0.4 is 0 Å². The maximum absolute atomic E-state index is 13.2. The molecule has 0 radical (unpaired) electrons. The Balaban J connectivity index is 1.90. The summed E-state index contributed by atoms with van der Waals surface area (Å²) >= 11 is 0. The molecule has 24 heavy (non-hydrogen) atoms. The molecule has 0 saturated heterocycles. The highest BCUT2D eigenvalue weighted by Gasteiger charge is 2.25. The van der Waals surface area contributed by atoms with Gasteiger partial charge in [0.05, 0.1) is 17.4 Å². The number of fused-ring (bicyclic) bond motifs is 1. The lowest BCUT2D eigenvalue weighted by Crippen LogP contribution is -2.20. The van der Waals surface area contributed by atoms with E-state index in [-0.39, 0.29) is 5.78 Å². The lowest BCUT2D eigenvalue weighted by molar-refractivity contribution is 0.0947. The van der Waals surface area contributed by atoms with Crippen LogP contribution in [0.15, 0.2) is 91.3 Å². The van der Waals surface area contributed by atoms with Crippen molar-refractivity contribution in [2.24, 2.45) is 0 Å². The zero-order chi connectivity index (χ0) is 16.4. The normalized spacial score (nSPS) is 12.2. The Morgan fingerprint density at radius 3 is 2.17 bits per heavy atom. The number of ketones is 1. The van der Waals surface area contributed by atoms with E-state index in [0.717, 1.165) is 16.6 Å². The third-order valence-electron chi connectivity index (χ3n) is 4.18. The highest BCUT2D eigenvalue weighted by Crippen LogP contribution is 2.27. The number of carbonyl (C=O) groups is 1. The molecule has 4 rings (SSSR count). The maximum atomic E-state index is 13.2. The van der Waals surface area contributed by atoms with Crippen LogP contribution in [0.4, 0.5) is 0 Å². The number of Topliss-reactive ketones (excluding diaryl/α,β-unsaturated/α-hetero) is 1. The van der Waals surface area contributed by atoms with Crippen molar-refractivity contribution in [1.82, 2.24) is 9.55 Å². The van der Waals surface area contributed by atoms with Crippen LogP contribution in [0.5, 0.6) is 0 Å². The van der Waals surface area contributed by atoms with Crippen molar-refractivity contribution in [2.45, 2.75) is 6.04 Å². The summed E-state index contributed by atoms with van der Waals surface area (Å²) in [5, 5.41) is 0. The van der Waals surface area contributed by atoms with Gasteiger partial charge in [-0.15, -0.1) is 0 Å². The number of aromatic nitrogens is 2. The van der Waals surface area contributed by atoms with E-state index < -0.39 is 6.04 Å². The average Bonchev–Trinajstić information content (AvgIpc) is 3.07. The fourth-order valence-electron chi connectivity index (χ4n) is 3.02. The van der Waals surface area contributed by atoms with Crippen molar-refractivity contribution in [3.05, 3.63) is 102 Å². The van der Waals surface area contributed by atoms with Crippen molar-refractivity contribution in [3.63, 3.8) is 0 Å². The van der Waals surface area contributed by atoms with Gasteiger partial charge >= 0.3 is 0 Å². The minimum absolute atomic E-state index is 0.0601. The van der Waals surface area contributed by atoms with Gasteiger partial charge in [-0.05, 0) is 17.7 Å². The molecule has 1 aromatic heterocycles. The highest BCUT2D eigenvalue weighted by molar-refractivity contribution is 6.01. The number of rotatable bonds is 4. The van der Waals surface area contributed by atoms with Gasteiger partial charge in [-0.3, -0.25) is 4.79 Å². The molecule has 0 bridgehead atoms. The largest absolute Gasteiger partial charge is 0.315 e. The average molecular weight is 312 g/mol. The lowest BCUT2D eigenvalue weighted by atomic mass is 9.97. The number of hydrogen-bond acceptors (Lipinski definition) is 2. The maximum Gasteiger partial charge on any atom is 0.190 e. The number of hydrogen-bond donors (Lipinski definition) is 0. The lowest BCUT2D eigenvalue weighted by Gasteiger charge is -2.19. The summed E-state index contributed by atoms with van der Waals surface area (Å²) in [6.45, 7) is 0. The molecule has 0 aliphatic rings. The summed E-state index contributed by atoms with van der Waals surface area (Å²) in [6.07, 6.45) is 1.75. The van der Waals surface area contributed by atoms with Crippen molar-refractivity contribution in [3.8, 4) is 0 Å². The van der Waals surface area contributed by atoms with Crippen molar-refractivity contribution in [2.75, 3.05) is 0 Å². The van der Waals surface area contributed by atoms with Crippen LogP contribution in [0.25, 0.3) is 11.0 Å². The molecule has 0 amide bonds. The summed E-state index contributed by atoms with van der Waals surface area (Å²) in [7, 11) is 0. The van der Waals surface area contributed by atoms with Gasteiger partial charge in [0.2, 0.25) is 0 Å². The molecule has 0 saturated carbocycles. The second kappa shape index (κ2) is 6.13. The van der Waals surface area contributed by atoms with Crippen LogP contribution in [-0.4, -0.2) is 15.3 Å². The van der Waals surface area contributed by atoms with Gasteiger partial charge in [0.1, 0.15) is 6.04 Å². The number of benzene rings is 3. The van der Waals surface area contributed by atoms with Crippen LogP contribution in [0.3, 0.4) is 0 Å². The molecule has 0 spiro atoms. The van der Waals surface area contributed by atoms with Crippen LogP contribution in [-0.2, 0) is 0 Å². The van der Waals surface area contributed by atoms with Gasteiger partial charge in [-0.25, -0.2) is 4.98 Å². The summed E-state index contributed by atoms with van der Waals surface area (Å²) in [5.74, 6) is 0.0601. The molecule has 1 unspecified atom stereocenters. The fourth-order valence-corrected chi connectivity index (χ4v) is 3.02. The van der Waals surface area contributed by atoms with E-state index in [1.165, 1.54) is 0 Å². The minimum Gasteiger partial charge on any atom is -0.315 e. The summed E-state index contributed by atoms with van der Waals surface area (Å²) in [5.41, 5.74) is 3.49. The molecular weight excluding hydrogens is 296 g/mol. The molecular formula is C21H16N2O. The van der Waals surface area contributed by atoms with Gasteiger partial charge in [-0.2, -0.15) is 0 Å². The smallest absolute Gasteiger partial charge is 0.190 e. The van der Waals surface area contributed by atoms with Gasteiger partial charge in [0, 0.05) is 5.56 Å². The van der Waals surface area contributed by atoms with E-state index in [1.54, 1.807) is 6.33 Å². The van der Waals surface area contributed by atoms with Crippen molar-refractivity contribution in [1.29, 1.82) is 0 Å². The van der Waals surface area contributed by atoms with E-state index in [4.69, 9.17) is 0 Å². The third-order valence-corrected chi connectivity index (χ3v) is 4.18. The Bertz CT molecular complexity index is 974. The quantitative estimate of drug-likeness (QED) is 0.520. The molecule has 0 aliphatic carbocycles. The Morgan fingerprint density at radius 2 is 1.42 bits per heavy atom. The van der Waals surface area contributed by atoms with Crippen LogP contribution >= 0.6 is 0 Å². The molecule has 3 heteroatoms. The van der Waals surface area contributed by atoms with Crippen LogP contribution in [0, 0.1) is 0 Å². The zero-order valence-electron chi connectivity index (χ0n) is 13.0. The third kappa shape index (κ3) is 2.50. The zero-order valence-corrected chi connectivity index (χ0v) is 13.0. The summed E-state index contributed by atoms with van der Waals surface area (Å²) < 4.78 is 1.96. The second-order valence-electron chi connectivity index (χ2n) is 5.68. The SMILES string of the molecule is O=C(c1ccccc1)C(c1ccccc1)n1cnc2ccccc21. The first-order valence-corrected chi connectivity index (χ1v) is 7.90.